The second kappa shape index (κ2) is 4.65. The minimum Gasteiger partial charge on any atom is -0.458 e. The summed E-state index contributed by atoms with van der Waals surface area (Å²) in [4.78, 5) is 7.03. The lowest BCUT2D eigenvalue weighted by Crippen LogP contribution is -1.84. The highest BCUT2D eigenvalue weighted by molar-refractivity contribution is 6.29. The predicted molar refractivity (Wildman–Crippen MR) is 62.0 cm³/mol. The third kappa shape index (κ3) is 2.50. The largest absolute Gasteiger partial charge is 0.458 e. The van der Waals surface area contributed by atoms with Gasteiger partial charge >= 0.3 is 0 Å². The number of aromatic nitrogens is 1. The van der Waals surface area contributed by atoms with Crippen LogP contribution in [0.1, 0.15) is 0 Å². The van der Waals surface area contributed by atoms with Gasteiger partial charge in [-0.15, -0.1) is 4.98 Å². The molecule has 0 radical (unpaired) electrons. The molecule has 0 saturated heterocycles. The van der Waals surface area contributed by atoms with E-state index in [1.165, 1.54) is 0 Å². The molecular formula is C12H7ClN2O. The van der Waals surface area contributed by atoms with E-state index < -0.39 is 0 Å². The smallest absolute Gasteiger partial charge is 0.274 e. The monoisotopic (exact) mass is 230 g/mol. The summed E-state index contributed by atoms with van der Waals surface area (Å²) in [5.74, 6) is 1.43. The fourth-order valence-electron chi connectivity index (χ4n) is 1.20. The lowest BCUT2D eigenvalue weighted by atomic mass is 10.3. The van der Waals surface area contributed by atoms with E-state index >= 15 is 0 Å². The van der Waals surface area contributed by atoms with Crippen molar-refractivity contribution in [3.8, 4) is 11.5 Å². The van der Waals surface area contributed by atoms with E-state index in [1.54, 1.807) is 12.1 Å². The molecule has 4 heteroatoms. The summed E-state index contributed by atoms with van der Waals surface area (Å²) >= 11 is 5.76. The maximum absolute atomic E-state index is 6.87. The van der Waals surface area contributed by atoms with Gasteiger partial charge in [0.15, 0.2) is 0 Å². The molecule has 16 heavy (non-hydrogen) atoms. The molecule has 3 nitrogen and oxygen atoms in total. The standard InChI is InChI=1S/C12H7ClN2O/c1-14-12-8-10(7-11(13)15-12)16-9-5-3-2-4-6-9/h2-8H. The van der Waals surface area contributed by atoms with Crippen molar-refractivity contribution in [3.63, 3.8) is 0 Å². The molecule has 1 aromatic carbocycles. The highest BCUT2D eigenvalue weighted by Crippen LogP contribution is 2.26. The summed E-state index contributed by atoms with van der Waals surface area (Å²) in [6, 6.07) is 12.4. The Morgan fingerprint density at radius 2 is 1.88 bits per heavy atom. The molecule has 1 aromatic heterocycles. The van der Waals surface area contributed by atoms with Crippen LogP contribution in [0, 0.1) is 6.57 Å². The maximum Gasteiger partial charge on any atom is 0.274 e. The van der Waals surface area contributed by atoms with Crippen molar-refractivity contribution in [3.05, 3.63) is 59.0 Å². The zero-order valence-electron chi connectivity index (χ0n) is 8.22. The first-order chi connectivity index (χ1) is 7.78. The van der Waals surface area contributed by atoms with Crippen LogP contribution in [0.25, 0.3) is 4.85 Å². The van der Waals surface area contributed by atoms with E-state index in [0.717, 1.165) is 0 Å². The van der Waals surface area contributed by atoms with E-state index in [4.69, 9.17) is 22.9 Å². The lowest BCUT2D eigenvalue weighted by Gasteiger charge is -2.04. The van der Waals surface area contributed by atoms with Gasteiger partial charge in [-0.1, -0.05) is 24.8 Å². The van der Waals surface area contributed by atoms with Crippen molar-refractivity contribution >= 4 is 17.4 Å². The van der Waals surface area contributed by atoms with Gasteiger partial charge in [0.05, 0.1) is 0 Å². The molecule has 0 saturated carbocycles. The Morgan fingerprint density at radius 1 is 1.12 bits per heavy atom. The van der Waals surface area contributed by atoms with Crippen LogP contribution in [0.2, 0.25) is 5.15 Å². The SMILES string of the molecule is [C-]#[N+]c1cc(Oc2ccccc2)cc(Cl)n1. The van der Waals surface area contributed by atoms with E-state index in [1.807, 2.05) is 30.3 Å². The highest BCUT2D eigenvalue weighted by atomic mass is 35.5. The summed E-state index contributed by atoms with van der Waals surface area (Å²) in [5.41, 5.74) is 0. The number of benzene rings is 1. The summed E-state index contributed by atoms with van der Waals surface area (Å²) in [6.07, 6.45) is 0. The van der Waals surface area contributed by atoms with Crippen molar-refractivity contribution in [1.82, 2.24) is 4.98 Å². The van der Waals surface area contributed by atoms with Crippen LogP contribution >= 0.6 is 11.6 Å². The summed E-state index contributed by atoms with van der Waals surface area (Å²) < 4.78 is 5.53. The van der Waals surface area contributed by atoms with Crippen molar-refractivity contribution in [1.29, 1.82) is 0 Å². The second-order valence-electron chi connectivity index (χ2n) is 3.01. The average Bonchev–Trinajstić information content (AvgIpc) is 2.29. The molecule has 0 aliphatic heterocycles. The van der Waals surface area contributed by atoms with Gasteiger partial charge in [0.25, 0.3) is 5.82 Å². The number of pyridine rings is 1. The van der Waals surface area contributed by atoms with Crippen molar-refractivity contribution < 1.29 is 4.74 Å². The van der Waals surface area contributed by atoms with Gasteiger partial charge in [0.2, 0.25) is 5.15 Å². The molecule has 0 bridgehead atoms. The molecule has 1 heterocycles. The molecule has 2 aromatic rings. The van der Waals surface area contributed by atoms with E-state index in [9.17, 15) is 0 Å². The third-order valence-corrected chi connectivity index (χ3v) is 2.04. The fraction of sp³-hybridized carbons (Fsp3) is 0. The number of halogens is 1. The molecule has 0 amide bonds. The Balaban J connectivity index is 2.29. The van der Waals surface area contributed by atoms with Crippen molar-refractivity contribution in [2.45, 2.75) is 0 Å². The van der Waals surface area contributed by atoms with E-state index in [-0.39, 0.29) is 11.0 Å². The quantitative estimate of drug-likeness (QED) is 0.574. The topological polar surface area (TPSA) is 26.5 Å². The minimum atomic E-state index is 0.221. The zero-order chi connectivity index (χ0) is 11.4. The first-order valence-corrected chi connectivity index (χ1v) is 4.94. The molecule has 78 valence electrons. The molecule has 2 rings (SSSR count). The summed E-state index contributed by atoms with van der Waals surface area (Å²) in [6.45, 7) is 6.87. The number of hydrogen-bond donors (Lipinski definition) is 0. The Morgan fingerprint density at radius 3 is 2.56 bits per heavy atom. The Bertz CT molecular complexity index is 534. The molecular weight excluding hydrogens is 224 g/mol. The molecule has 0 fully saturated rings. The van der Waals surface area contributed by atoms with Crippen molar-refractivity contribution in [2.24, 2.45) is 0 Å². The second-order valence-corrected chi connectivity index (χ2v) is 3.40. The molecule has 0 atom stereocenters. The van der Waals surface area contributed by atoms with Gasteiger partial charge in [0, 0.05) is 12.1 Å². The van der Waals surface area contributed by atoms with Gasteiger partial charge < -0.3 is 9.58 Å². The van der Waals surface area contributed by atoms with Gasteiger partial charge in [-0.25, -0.2) is 0 Å². The summed E-state index contributed by atoms with van der Waals surface area (Å²) in [5, 5.41) is 0.249. The van der Waals surface area contributed by atoms with Crippen LogP contribution in [-0.2, 0) is 0 Å². The average molecular weight is 231 g/mol. The fourth-order valence-corrected chi connectivity index (χ4v) is 1.40. The van der Waals surface area contributed by atoms with Gasteiger partial charge in [-0.05, 0) is 23.7 Å². The van der Waals surface area contributed by atoms with Crippen LogP contribution in [0.5, 0.6) is 11.5 Å². The highest BCUT2D eigenvalue weighted by Gasteiger charge is 2.04. The maximum atomic E-state index is 6.87. The Hall–Kier alpha value is -2.05. The molecule has 0 spiro atoms. The normalized spacial score (nSPS) is 9.50. The predicted octanol–water partition coefficient (Wildman–Crippen LogP) is 4.08. The zero-order valence-corrected chi connectivity index (χ0v) is 8.98. The summed E-state index contributed by atoms with van der Waals surface area (Å²) in [7, 11) is 0. The van der Waals surface area contributed by atoms with Gasteiger partial charge in [-0.2, -0.15) is 0 Å². The van der Waals surface area contributed by atoms with Gasteiger partial charge in [0.1, 0.15) is 11.5 Å². The number of para-hydroxylation sites is 1. The number of rotatable bonds is 2. The molecule has 0 N–H and O–H groups in total. The Labute approximate surface area is 98.1 Å². The Kier molecular flexibility index (Phi) is 3.04. The third-order valence-electron chi connectivity index (χ3n) is 1.85. The van der Waals surface area contributed by atoms with Crippen molar-refractivity contribution in [2.75, 3.05) is 0 Å². The lowest BCUT2D eigenvalue weighted by molar-refractivity contribution is 0.482. The van der Waals surface area contributed by atoms with Crippen LogP contribution in [0.4, 0.5) is 5.82 Å². The number of hydrogen-bond acceptors (Lipinski definition) is 2. The van der Waals surface area contributed by atoms with Crippen LogP contribution in [-0.4, -0.2) is 4.98 Å². The van der Waals surface area contributed by atoms with Crippen LogP contribution in [0.3, 0.4) is 0 Å². The van der Waals surface area contributed by atoms with Gasteiger partial charge in [-0.3, -0.25) is 0 Å². The number of nitrogens with zero attached hydrogens (tertiary/aromatic N) is 2. The van der Waals surface area contributed by atoms with E-state index in [2.05, 4.69) is 9.83 Å². The van der Waals surface area contributed by atoms with E-state index in [0.29, 0.717) is 11.5 Å². The first kappa shape index (κ1) is 10.5. The van der Waals surface area contributed by atoms with Crippen LogP contribution < -0.4 is 4.74 Å². The van der Waals surface area contributed by atoms with Crippen LogP contribution in [0.15, 0.2) is 42.5 Å². The minimum absolute atomic E-state index is 0.221. The molecule has 0 aliphatic rings. The molecule has 0 unspecified atom stereocenters. The first-order valence-electron chi connectivity index (χ1n) is 4.56. The number of ether oxygens (including phenoxy) is 1. The molecule has 0 aliphatic carbocycles.